The maximum atomic E-state index is 12.3. The van der Waals surface area contributed by atoms with Crippen molar-refractivity contribution >= 4 is 27.3 Å². The highest BCUT2D eigenvalue weighted by Gasteiger charge is 2.20. The predicted molar refractivity (Wildman–Crippen MR) is 81.2 cm³/mol. The minimum Gasteiger partial charge on any atom is -0.478 e. The molecular formula is C14H15NO4S2. The number of carbonyl (C=O) groups is 1. The molecule has 0 fully saturated rings. The summed E-state index contributed by atoms with van der Waals surface area (Å²) < 4.78 is 27.1. The number of sulfonamides is 1. The highest BCUT2D eigenvalue weighted by Crippen LogP contribution is 2.20. The summed E-state index contributed by atoms with van der Waals surface area (Å²) in [5.74, 6) is -1.14. The summed E-state index contributed by atoms with van der Waals surface area (Å²) in [7, 11) is -3.74. The molecule has 2 aromatic rings. The molecule has 0 aliphatic carbocycles. The summed E-state index contributed by atoms with van der Waals surface area (Å²) >= 11 is 1.51. The molecule has 0 radical (unpaired) electrons. The second-order valence-corrected chi connectivity index (χ2v) is 7.68. The standard InChI is InChI=1S/C14H15NO4S2/c1-9-6-7-11(20-9)8-15-21(18,19)13-5-3-4-12(10(13)2)14(16)17/h3-7,15H,8H2,1-2H3,(H,16,17). The van der Waals surface area contributed by atoms with Gasteiger partial charge in [0, 0.05) is 16.3 Å². The average molecular weight is 325 g/mol. The van der Waals surface area contributed by atoms with E-state index in [1.54, 1.807) is 0 Å². The molecule has 0 atom stereocenters. The topological polar surface area (TPSA) is 83.5 Å². The Morgan fingerprint density at radius 2 is 1.95 bits per heavy atom. The summed E-state index contributed by atoms with van der Waals surface area (Å²) in [6, 6.07) is 8.01. The quantitative estimate of drug-likeness (QED) is 0.885. The molecule has 21 heavy (non-hydrogen) atoms. The molecule has 0 saturated carbocycles. The molecule has 7 heteroatoms. The Bertz CT molecular complexity index is 778. The number of hydrogen-bond acceptors (Lipinski definition) is 4. The van der Waals surface area contributed by atoms with Gasteiger partial charge in [0.2, 0.25) is 10.0 Å². The molecule has 0 unspecified atom stereocenters. The monoisotopic (exact) mass is 325 g/mol. The number of thiophene rings is 1. The smallest absolute Gasteiger partial charge is 0.335 e. The number of rotatable bonds is 5. The zero-order chi connectivity index (χ0) is 15.6. The fraction of sp³-hybridized carbons (Fsp3) is 0.214. The summed E-state index contributed by atoms with van der Waals surface area (Å²) in [6.45, 7) is 3.63. The van der Waals surface area contributed by atoms with E-state index in [9.17, 15) is 13.2 Å². The lowest BCUT2D eigenvalue weighted by Crippen LogP contribution is -2.24. The third-order valence-corrected chi connectivity index (χ3v) is 5.58. The zero-order valence-electron chi connectivity index (χ0n) is 11.6. The largest absolute Gasteiger partial charge is 0.478 e. The van der Waals surface area contributed by atoms with Crippen LogP contribution in [0.25, 0.3) is 0 Å². The van der Waals surface area contributed by atoms with Gasteiger partial charge in [-0.25, -0.2) is 17.9 Å². The van der Waals surface area contributed by atoms with Gasteiger partial charge in [-0.2, -0.15) is 0 Å². The SMILES string of the molecule is Cc1ccc(CNS(=O)(=O)c2cccc(C(=O)O)c2C)s1. The summed E-state index contributed by atoms with van der Waals surface area (Å²) in [5, 5.41) is 9.05. The van der Waals surface area contributed by atoms with E-state index in [1.165, 1.54) is 36.5 Å². The molecule has 112 valence electrons. The van der Waals surface area contributed by atoms with Gasteiger partial charge in [-0.1, -0.05) is 6.07 Å². The fourth-order valence-corrected chi connectivity index (χ4v) is 4.15. The van der Waals surface area contributed by atoms with Gasteiger partial charge in [0.05, 0.1) is 10.5 Å². The molecule has 0 aliphatic heterocycles. The van der Waals surface area contributed by atoms with E-state index in [1.807, 2.05) is 19.1 Å². The van der Waals surface area contributed by atoms with E-state index in [-0.39, 0.29) is 22.6 Å². The van der Waals surface area contributed by atoms with E-state index >= 15 is 0 Å². The Labute approximate surface area is 127 Å². The second kappa shape index (κ2) is 5.97. The van der Waals surface area contributed by atoms with Crippen LogP contribution < -0.4 is 4.72 Å². The lowest BCUT2D eigenvalue weighted by molar-refractivity contribution is 0.0696. The zero-order valence-corrected chi connectivity index (χ0v) is 13.2. The Balaban J connectivity index is 2.27. The number of aromatic carboxylic acids is 1. The lowest BCUT2D eigenvalue weighted by Gasteiger charge is -2.10. The first-order valence-electron chi connectivity index (χ1n) is 6.19. The van der Waals surface area contributed by atoms with Crippen LogP contribution in [0.1, 0.15) is 25.7 Å². The molecule has 0 spiro atoms. The van der Waals surface area contributed by atoms with Crippen LogP contribution >= 0.6 is 11.3 Å². The maximum Gasteiger partial charge on any atom is 0.335 e. The van der Waals surface area contributed by atoms with Gasteiger partial charge in [-0.15, -0.1) is 11.3 Å². The normalized spacial score (nSPS) is 11.5. The van der Waals surface area contributed by atoms with Gasteiger partial charge in [0.15, 0.2) is 0 Å². The average Bonchev–Trinajstić information content (AvgIpc) is 2.82. The van der Waals surface area contributed by atoms with Gasteiger partial charge >= 0.3 is 5.97 Å². The molecular weight excluding hydrogens is 310 g/mol. The van der Waals surface area contributed by atoms with Crippen molar-refractivity contribution in [3.05, 3.63) is 51.2 Å². The van der Waals surface area contributed by atoms with E-state index < -0.39 is 16.0 Å². The molecule has 2 N–H and O–H groups in total. The number of benzene rings is 1. The van der Waals surface area contributed by atoms with Gasteiger partial charge in [-0.05, 0) is 43.7 Å². The molecule has 2 rings (SSSR count). The van der Waals surface area contributed by atoms with Gasteiger partial charge in [0.25, 0.3) is 0 Å². The van der Waals surface area contributed by atoms with Crippen LogP contribution in [0.15, 0.2) is 35.2 Å². The van der Waals surface area contributed by atoms with Crippen molar-refractivity contribution in [1.82, 2.24) is 4.72 Å². The Hall–Kier alpha value is -1.70. The van der Waals surface area contributed by atoms with Crippen LogP contribution in [-0.2, 0) is 16.6 Å². The van der Waals surface area contributed by atoms with Crippen molar-refractivity contribution in [2.45, 2.75) is 25.3 Å². The Kier molecular flexibility index (Phi) is 4.46. The van der Waals surface area contributed by atoms with Gasteiger partial charge < -0.3 is 5.11 Å². The van der Waals surface area contributed by atoms with E-state index in [2.05, 4.69) is 4.72 Å². The van der Waals surface area contributed by atoms with Crippen molar-refractivity contribution in [2.24, 2.45) is 0 Å². The van der Waals surface area contributed by atoms with Crippen LogP contribution in [0.5, 0.6) is 0 Å². The number of aryl methyl sites for hydroxylation is 1. The number of carboxylic acid groups (broad SMARTS) is 1. The first kappa shape index (κ1) is 15.7. The molecule has 0 saturated heterocycles. The molecule has 1 heterocycles. The highest BCUT2D eigenvalue weighted by atomic mass is 32.2. The number of hydrogen-bond donors (Lipinski definition) is 2. The van der Waals surface area contributed by atoms with Crippen molar-refractivity contribution < 1.29 is 18.3 Å². The molecule has 1 aromatic heterocycles. The predicted octanol–water partition coefficient (Wildman–Crippen LogP) is 2.54. The minimum atomic E-state index is -3.74. The first-order chi connectivity index (χ1) is 9.81. The molecule has 0 bridgehead atoms. The van der Waals surface area contributed by atoms with Gasteiger partial charge in [0.1, 0.15) is 0 Å². The van der Waals surface area contributed by atoms with Crippen LogP contribution in [0.4, 0.5) is 0 Å². The minimum absolute atomic E-state index is 0.00400. The van der Waals surface area contributed by atoms with Crippen LogP contribution in [0, 0.1) is 13.8 Å². The van der Waals surface area contributed by atoms with Crippen molar-refractivity contribution in [1.29, 1.82) is 0 Å². The summed E-state index contributed by atoms with van der Waals surface area (Å²) in [6.07, 6.45) is 0. The van der Waals surface area contributed by atoms with Crippen LogP contribution in [-0.4, -0.2) is 19.5 Å². The molecule has 5 nitrogen and oxygen atoms in total. The number of nitrogens with one attached hydrogen (secondary N) is 1. The molecule has 0 aliphatic rings. The lowest BCUT2D eigenvalue weighted by atomic mass is 10.1. The highest BCUT2D eigenvalue weighted by molar-refractivity contribution is 7.89. The van der Waals surface area contributed by atoms with Gasteiger partial charge in [-0.3, -0.25) is 0 Å². The van der Waals surface area contributed by atoms with Crippen molar-refractivity contribution in [3.8, 4) is 0 Å². The fourth-order valence-electron chi connectivity index (χ4n) is 1.96. The van der Waals surface area contributed by atoms with E-state index in [4.69, 9.17) is 5.11 Å². The Morgan fingerprint density at radius 1 is 1.24 bits per heavy atom. The second-order valence-electron chi connectivity index (χ2n) is 4.57. The van der Waals surface area contributed by atoms with Crippen molar-refractivity contribution in [2.75, 3.05) is 0 Å². The first-order valence-corrected chi connectivity index (χ1v) is 8.49. The third-order valence-electron chi connectivity index (χ3n) is 3.04. The maximum absolute atomic E-state index is 12.3. The molecule has 1 aromatic carbocycles. The summed E-state index contributed by atoms with van der Waals surface area (Å²) in [4.78, 5) is 13.1. The van der Waals surface area contributed by atoms with Crippen LogP contribution in [0.2, 0.25) is 0 Å². The number of carboxylic acids is 1. The van der Waals surface area contributed by atoms with E-state index in [0.29, 0.717) is 0 Å². The molecule has 0 amide bonds. The third kappa shape index (κ3) is 3.49. The summed E-state index contributed by atoms with van der Waals surface area (Å²) in [5.41, 5.74) is 0.227. The van der Waals surface area contributed by atoms with Crippen molar-refractivity contribution in [3.63, 3.8) is 0 Å². The van der Waals surface area contributed by atoms with E-state index in [0.717, 1.165) is 9.75 Å². The Morgan fingerprint density at radius 3 is 2.52 bits per heavy atom. The van der Waals surface area contributed by atoms with Crippen LogP contribution in [0.3, 0.4) is 0 Å².